The standard InChI is InChI=1S/C40H82O7/c1-39(37-41,33-29-25-21-17-13-9-5-7-11-15-19-23-27-31-35-43-3)45-47-46-40(2,38-42)34-30-26-22-18-14-10-6-8-12-16-20-24-28-32-36-44-4/h41-42H,5-38H2,1-4H3. The Morgan fingerprint density at radius 3 is 0.766 bits per heavy atom. The third-order valence-electron chi connectivity index (χ3n) is 9.75. The summed E-state index contributed by atoms with van der Waals surface area (Å²) in [6.07, 6.45) is 37.4. The zero-order valence-electron chi connectivity index (χ0n) is 32.0. The fraction of sp³-hybridized carbons (Fsp3) is 1.00. The summed E-state index contributed by atoms with van der Waals surface area (Å²) in [4.78, 5) is 11.1. The van der Waals surface area contributed by atoms with Crippen molar-refractivity contribution >= 4 is 0 Å². The smallest absolute Gasteiger partial charge is 0.127 e. The van der Waals surface area contributed by atoms with E-state index in [1.807, 2.05) is 13.8 Å². The molecule has 0 radical (unpaired) electrons. The molecule has 7 heteroatoms. The lowest BCUT2D eigenvalue weighted by molar-refractivity contribution is -0.571. The summed E-state index contributed by atoms with van der Waals surface area (Å²) in [5.41, 5.74) is -1.60. The fourth-order valence-corrected chi connectivity index (χ4v) is 6.21. The first-order valence-corrected chi connectivity index (χ1v) is 20.2. The lowest BCUT2D eigenvalue weighted by atomic mass is 9.98. The van der Waals surface area contributed by atoms with Gasteiger partial charge in [0.2, 0.25) is 0 Å². The molecule has 0 bridgehead atoms. The van der Waals surface area contributed by atoms with Crippen molar-refractivity contribution in [3.8, 4) is 0 Å². The molecule has 0 amide bonds. The molecule has 0 aliphatic carbocycles. The van der Waals surface area contributed by atoms with Gasteiger partial charge in [-0.1, -0.05) is 172 Å². The normalized spacial score (nSPS) is 14.4. The van der Waals surface area contributed by atoms with Gasteiger partial charge in [-0.05, 0) is 39.5 Å². The van der Waals surface area contributed by atoms with Gasteiger partial charge in [-0.3, -0.25) is 0 Å². The number of aliphatic hydroxyl groups excluding tert-OH is 2. The van der Waals surface area contributed by atoms with E-state index >= 15 is 0 Å². The second-order valence-corrected chi connectivity index (χ2v) is 14.8. The largest absolute Gasteiger partial charge is 0.393 e. The van der Waals surface area contributed by atoms with Crippen LogP contribution in [0.4, 0.5) is 0 Å². The van der Waals surface area contributed by atoms with Crippen LogP contribution in [0.25, 0.3) is 0 Å². The number of ether oxygens (including phenoxy) is 2. The first kappa shape index (κ1) is 46.7. The van der Waals surface area contributed by atoms with Crippen LogP contribution in [0.1, 0.15) is 206 Å². The van der Waals surface area contributed by atoms with Crippen LogP contribution in [-0.2, 0) is 24.3 Å². The Balaban J connectivity index is 3.71. The van der Waals surface area contributed by atoms with Crippen molar-refractivity contribution in [1.82, 2.24) is 0 Å². The van der Waals surface area contributed by atoms with E-state index in [9.17, 15) is 10.2 Å². The Morgan fingerprint density at radius 1 is 0.340 bits per heavy atom. The van der Waals surface area contributed by atoms with Gasteiger partial charge >= 0.3 is 0 Å². The van der Waals surface area contributed by atoms with Gasteiger partial charge in [0, 0.05) is 27.4 Å². The van der Waals surface area contributed by atoms with Crippen molar-refractivity contribution in [2.24, 2.45) is 0 Å². The minimum atomic E-state index is -0.801. The monoisotopic (exact) mass is 675 g/mol. The predicted octanol–water partition coefficient (Wildman–Crippen LogP) is 11.4. The number of methoxy groups -OCH3 is 2. The van der Waals surface area contributed by atoms with Gasteiger partial charge in [0.1, 0.15) is 11.2 Å². The van der Waals surface area contributed by atoms with Crippen LogP contribution in [-0.4, -0.2) is 62.1 Å². The highest BCUT2D eigenvalue weighted by molar-refractivity contribution is 4.73. The molecule has 0 aromatic heterocycles. The molecular formula is C40H82O7. The van der Waals surface area contributed by atoms with Gasteiger partial charge in [0.05, 0.1) is 13.2 Å². The van der Waals surface area contributed by atoms with E-state index < -0.39 is 11.2 Å². The van der Waals surface area contributed by atoms with Gasteiger partial charge in [-0.2, -0.15) is 9.78 Å². The maximum atomic E-state index is 9.94. The highest BCUT2D eigenvalue weighted by Crippen LogP contribution is 2.25. The maximum Gasteiger partial charge on any atom is 0.127 e. The quantitative estimate of drug-likeness (QED) is 0.0380. The molecule has 2 atom stereocenters. The summed E-state index contributed by atoms with van der Waals surface area (Å²) in [5, 5.41) is 25.1. The molecule has 0 fully saturated rings. The highest BCUT2D eigenvalue weighted by atomic mass is 17.5. The zero-order valence-corrected chi connectivity index (χ0v) is 32.0. The third kappa shape index (κ3) is 32.7. The molecule has 0 spiro atoms. The summed E-state index contributed by atoms with van der Waals surface area (Å²) in [6, 6.07) is 0. The first-order chi connectivity index (χ1) is 22.9. The van der Waals surface area contributed by atoms with Crippen LogP contribution in [0.2, 0.25) is 0 Å². The number of hydrogen-bond donors (Lipinski definition) is 2. The molecule has 0 rings (SSSR count). The van der Waals surface area contributed by atoms with E-state index in [-0.39, 0.29) is 13.2 Å². The van der Waals surface area contributed by atoms with Crippen molar-refractivity contribution in [1.29, 1.82) is 0 Å². The molecule has 0 aromatic carbocycles. The topological polar surface area (TPSA) is 86.6 Å². The van der Waals surface area contributed by atoms with E-state index in [0.29, 0.717) is 12.8 Å². The van der Waals surface area contributed by atoms with Crippen molar-refractivity contribution in [2.45, 2.75) is 218 Å². The molecule has 0 aliphatic heterocycles. The minimum absolute atomic E-state index is 0.130. The van der Waals surface area contributed by atoms with Crippen LogP contribution >= 0.6 is 0 Å². The van der Waals surface area contributed by atoms with Crippen LogP contribution < -0.4 is 0 Å². The minimum Gasteiger partial charge on any atom is -0.393 e. The molecule has 0 aliphatic rings. The molecule has 284 valence electrons. The molecule has 2 unspecified atom stereocenters. The predicted molar refractivity (Wildman–Crippen MR) is 196 cm³/mol. The summed E-state index contributed by atoms with van der Waals surface area (Å²) in [5.74, 6) is 0. The number of rotatable bonds is 40. The van der Waals surface area contributed by atoms with E-state index in [1.54, 1.807) is 14.2 Å². The first-order valence-electron chi connectivity index (χ1n) is 20.2. The Labute approximate surface area is 292 Å². The Bertz CT molecular complexity index is 557. The second kappa shape index (κ2) is 35.5. The van der Waals surface area contributed by atoms with Crippen LogP contribution in [0.15, 0.2) is 0 Å². The van der Waals surface area contributed by atoms with Gasteiger partial charge in [-0.25, -0.2) is 0 Å². The van der Waals surface area contributed by atoms with E-state index in [1.165, 1.54) is 154 Å². The molecule has 0 aromatic rings. The van der Waals surface area contributed by atoms with Gasteiger partial charge in [0.15, 0.2) is 0 Å². The molecule has 2 N–H and O–H groups in total. The van der Waals surface area contributed by atoms with E-state index in [4.69, 9.17) is 24.3 Å². The average Bonchev–Trinajstić information content (AvgIpc) is 3.08. The number of unbranched alkanes of at least 4 members (excludes halogenated alkanes) is 26. The van der Waals surface area contributed by atoms with Crippen molar-refractivity contribution in [2.75, 3.05) is 40.6 Å². The summed E-state index contributed by atoms with van der Waals surface area (Å²) >= 11 is 0. The van der Waals surface area contributed by atoms with Crippen molar-refractivity contribution in [3.05, 3.63) is 0 Å². The lowest BCUT2D eigenvalue weighted by Crippen LogP contribution is -2.38. The Hall–Kier alpha value is -0.280. The molecule has 7 nitrogen and oxygen atoms in total. The van der Waals surface area contributed by atoms with Crippen LogP contribution in [0.3, 0.4) is 0 Å². The molecule has 0 saturated carbocycles. The third-order valence-corrected chi connectivity index (χ3v) is 9.75. The molecule has 47 heavy (non-hydrogen) atoms. The van der Waals surface area contributed by atoms with Crippen LogP contribution in [0, 0.1) is 0 Å². The number of aliphatic hydroxyl groups is 2. The molecule has 0 saturated heterocycles. The summed E-state index contributed by atoms with van der Waals surface area (Å²) in [7, 11) is 3.57. The maximum absolute atomic E-state index is 9.94. The van der Waals surface area contributed by atoms with Gasteiger partial charge in [-0.15, -0.1) is 0 Å². The second-order valence-electron chi connectivity index (χ2n) is 14.8. The van der Waals surface area contributed by atoms with Crippen LogP contribution in [0.5, 0.6) is 0 Å². The van der Waals surface area contributed by atoms with Gasteiger partial charge < -0.3 is 19.7 Å². The summed E-state index contributed by atoms with van der Waals surface area (Å²) < 4.78 is 10.2. The van der Waals surface area contributed by atoms with E-state index in [2.05, 4.69) is 0 Å². The SMILES string of the molecule is COCCCCCCCCCCCCCCCCC(C)(CO)OOOC(C)(CO)CCCCCCCCCCCCCCCCOC. The fourth-order valence-electron chi connectivity index (χ4n) is 6.21. The van der Waals surface area contributed by atoms with E-state index in [0.717, 1.165) is 38.9 Å². The van der Waals surface area contributed by atoms with Gasteiger partial charge in [0.25, 0.3) is 0 Å². The Kier molecular flexibility index (Phi) is 35.3. The van der Waals surface area contributed by atoms with Crippen molar-refractivity contribution < 1.29 is 34.5 Å². The average molecular weight is 675 g/mol. The Morgan fingerprint density at radius 2 is 0.553 bits per heavy atom. The molecular weight excluding hydrogens is 592 g/mol. The summed E-state index contributed by atoms with van der Waals surface area (Å²) in [6.45, 7) is 5.27. The molecule has 0 heterocycles. The van der Waals surface area contributed by atoms with Crippen molar-refractivity contribution in [3.63, 3.8) is 0 Å². The number of hydrogen-bond acceptors (Lipinski definition) is 7. The lowest BCUT2D eigenvalue weighted by Gasteiger charge is -2.29. The zero-order chi connectivity index (χ0) is 34.6. The highest BCUT2D eigenvalue weighted by Gasteiger charge is 2.30.